The minimum absolute atomic E-state index is 0.103. The number of aromatic hydroxyl groups is 1. The first-order chi connectivity index (χ1) is 5.27. The second kappa shape index (κ2) is 3.37. The normalized spacial score (nSPS) is 10.0. The van der Waals surface area contributed by atoms with Crippen LogP contribution in [0.4, 0.5) is 0 Å². The van der Waals surface area contributed by atoms with Crippen LogP contribution in [0, 0.1) is 0 Å². The van der Waals surface area contributed by atoms with Gasteiger partial charge in [-0.3, -0.25) is 0 Å². The molecule has 60 valence electrons. The average molecular weight is 154 g/mol. The standard InChI is InChI=1S/C8H10O3/c9-4-6-1-2-8(11)3-7(6)5-10/h1-3,9-11H,4-5H2. The molecular formula is C8H10O3. The second-order valence-electron chi connectivity index (χ2n) is 2.27. The maximum atomic E-state index is 8.97. The maximum Gasteiger partial charge on any atom is 0.115 e. The molecule has 1 aromatic carbocycles. The number of hydrogen-bond donors (Lipinski definition) is 3. The first-order valence-electron chi connectivity index (χ1n) is 3.30. The number of phenols is 1. The monoisotopic (exact) mass is 154 g/mol. The van der Waals surface area contributed by atoms with Crippen molar-refractivity contribution in [1.82, 2.24) is 0 Å². The van der Waals surface area contributed by atoms with Crippen molar-refractivity contribution in [2.45, 2.75) is 13.2 Å². The van der Waals surface area contributed by atoms with Crippen LogP contribution in [0.5, 0.6) is 5.75 Å². The van der Waals surface area contributed by atoms with E-state index in [9.17, 15) is 0 Å². The molecule has 0 saturated carbocycles. The highest BCUT2D eigenvalue weighted by molar-refractivity contribution is 5.33. The third-order valence-electron chi connectivity index (χ3n) is 1.53. The Bertz CT molecular complexity index is 245. The van der Waals surface area contributed by atoms with Crippen molar-refractivity contribution >= 4 is 0 Å². The van der Waals surface area contributed by atoms with Gasteiger partial charge in [-0.2, -0.15) is 0 Å². The molecule has 11 heavy (non-hydrogen) atoms. The van der Waals surface area contributed by atoms with Gasteiger partial charge in [0.25, 0.3) is 0 Å². The van der Waals surface area contributed by atoms with Crippen molar-refractivity contribution in [3.8, 4) is 5.75 Å². The first-order valence-corrected chi connectivity index (χ1v) is 3.30. The summed E-state index contributed by atoms with van der Waals surface area (Å²) in [5, 5.41) is 26.5. The number of phenolic OH excluding ortho intramolecular Hbond substituents is 1. The van der Waals surface area contributed by atoms with Gasteiger partial charge in [-0.05, 0) is 23.3 Å². The largest absolute Gasteiger partial charge is 0.508 e. The van der Waals surface area contributed by atoms with Gasteiger partial charge in [0.2, 0.25) is 0 Å². The van der Waals surface area contributed by atoms with Gasteiger partial charge in [0, 0.05) is 0 Å². The SMILES string of the molecule is OCc1ccc(O)cc1CO. The maximum absolute atomic E-state index is 8.97. The zero-order valence-corrected chi connectivity index (χ0v) is 5.99. The Morgan fingerprint density at radius 1 is 1.00 bits per heavy atom. The van der Waals surface area contributed by atoms with Gasteiger partial charge in [0.1, 0.15) is 5.75 Å². The molecule has 0 amide bonds. The van der Waals surface area contributed by atoms with Crippen molar-refractivity contribution in [1.29, 1.82) is 0 Å². The molecule has 3 heteroatoms. The zero-order chi connectivity index (χ0) is 8.27. The minimum Gasteiger partial charge on any atom is -0.508 e. The molecule has 0 saturated heterocycles. The lowest BCUT2D eigenvalue weighted by Crippen LogP contribution is -1.92. The van der Waals surface area contributed by atoms with E-state index in [4.69, 9.17) is 15.3 Å². The van der Waals surface area contributed by atoms with E-state index in [-0.39, 0.29) is 19.0 Å². The Labute approximate surface area is 64.5 Å². The van der Waals surface area contributed by atoms with E-state index in [2.05, 4.69) is 0 Å². The van der Waals surface area contributed by atoms with E-state index < -0.39 is 0 Å². The number of aliphatic hydroxyl groups is 2. The Balaban J connectivity index is 3.06. The average Bonchev–Trinajstić information content (AvgIpc) is 2.04. The highest BCUT2D eigenvalue weighted by Crippen LogP contribution is 2.16. The van der Waals surface area contributed by atoms with Crippen molar-refractivity contribution < 1.29 is 15.3 Å². The smallest absolute Gasteiger partial charge is 0.115 e. The predicted octanol–water partition coefficient (Wildman–Crippen LogP) is 0.377. The predicted molar refractivity (Wildman–Crippen MR) is 40.0 cm³/mol. The number of benzene rings is 1. The number of aliphatic hydroxyl groups excluding tert-OH is 2. The van der Waals surface area contributed by atoms with Gasteiger partial charge in [0.05, 0.1) is 13.2 Å². The van der Waals surface area contributed by atoms with Crippen LogP contribution in [0.15, 0.2) is 18.2 Å². The molecule has 1 aromatic rings. The molecular weight excluding hydrogens is 144 g/mol. The van der Waals surface area contributed by atoms with Gasteiger partial charge in [0.15, 0.2) is 0 Å². The van der Waals surface area contributed by atoms with E-state index >= 15 is 0 Å². The highest BCUT2D eigenvalue weighted by atomic mass is 16.3. The van der Waals surface area contributed by atoms with Crippen molar-refractivity contribution in [2.75, 3.05) is 0 Å². The summed E-state index contributed by atoms with van der Waals surface area (Å²) < 4.78 is 0. The second-order valence-corrected chi connectivity index (χ2v) is 2.27. The molecule has 0 spiro atoms. The molecule has 0 aliphatic carbocycles. The van der Waals surface area contributed by atoms with Crippen LogP contribution in [0.3, 0.4) is 0 Å². The fourth-order valence-electron chi connectivity index (χ4n) is 0.914. The van der Waals surface area contributed by atoms with Crippen LogP contribution in [0.1, 0.15) is 11.1 Å². The van der Waals surface area contributed by atoms with E-state index in [1.165, 1.54) is 12.1 Å². The minimum atomic E-state index is -0.162. The van der Waals surface area contributed by atoms with Crippen LogP contribution in [-0.4, -0.2) is 15.3 Å². The fourth-order valence-corrected chi connectivity index (χ4v) is 0.914. The summed E-state index contributed by atoms with van der Waals surface area (Å²) in [5.41, 5.74) is 1.21. The third kappa shape index (κ3) is 1.69. The molecule has 0 radical (unpaired) electrons. The molecule has 3 nitrogen and oxygen atoms in total. The molecule has 0 atom stereocenters. The van der Waals surface area contributed by atoms with Crippen molar-refractivity contribution in [3.05, 3.63) is 29.3 Å². The lowest BCUT2D eigenvalue weighted by Gasteiger charge is -2.03. The summed E-state index contributed by atoms with van der Waals surface area (Å²) in [4.78, 5) is 0. The van der Waals surface area contributed by atoms with Crippen LogP contribution in [0.2, 0.25) is 0 Å². The lowest BCUT2D eigenvalue weighted by atomic mass is 10.1. The van der Waals surface area contributed by atoms with Crippen molar-refractivity contribution in [2.24, 2.45) is 0 Å². The van der Waals surface area contributed by atoms with E-state index in [1.54, 1.807) is 6.07 Å². The Morgan fingerprint density at radius 3 is 2.18 bits per heavy atom. The Kier molecular flexibility index (Phi) is 2.46. The summed E-state index contributed by atoms with van der Waals surface area (Å²) >= 11 is 0. The molecule has 0 unspecified atom stereocenters. The van der Waals surface area contributed by atoms with Gasteiger partial charge in [-0.25, -0.2) is 0 Å². The fraction of sp³-hybridized carbons (Fsp3) is 0.250. The third-order valence-corrected chi connectivity index (χ3v) is 1.53. The molecule has 3 N–H and O–H groups in total. The lowest BCUT2D eigenvalue weighted by molar-refractivity contribution is 0.259. The Morgan fingerprint density at radius 2 is 1.64 bits per heavy atom. The van der Waals surface area contributed by atoms with Crippen LogP contribution in [-0.2, 0) is 13.2 Å². The molecule has 0 heterocycles. The highest BCUT2D eigenvalue weighted by Gasteiger charge is 2.00. The molecule has 0 aliphatic rings. The summed E-state index contributed by atoms with van der Waals surface area (Å²) in [6, 6.07) is 4.50. The van der Waals surface area contributed by atoms with Gasteiger partial charge in [-0.15, -0.1) is 0 Å². The Hall–Kier alpha value is -1.06. The molecule has 1 rings (SSSR count). The quantitative estimate of drug-likeness (QED) is 0.577. The number of rotatable bonds is 2. The molecule has 0 bridgehead atoms. The van der Waals surface area contributed by atoms with Gasteiger partial charge < -0.3 is 15.3 Å². The van der Waals surface area contributed by atoms with E-state index in [0.717, 1.165) is 0 Å². The summed E-state index contributed by atoms with van der Waals surface area (Å²) in [6.07, 6.45) is 0. The van der Waals surface area contributed by atoms with Crippen LogP contribution < -0.4 is 0 Å². The number of hydrogen-bond acceptors (Lipinski definition) is 3. The topological polar surface area (TPSA) is 60.7 Å². The first kappa shape index (κ1) is 8.04. The van der Waals surface area contributed by atoms with Crippen molar-refractivity contribution in [3.63, 3.8) is 0 Å². The molecule has 0 aliphatic heterocycles. The van der Waals surface area contributed by atoms with Crippen LogP contribution >= 0.6 is 0 Å². The summed E-state index contributed by atoms with van der Waals surface area (Å²) in [6.45, 7) is -0.277. The molecule has 0 aromatic heterocycles. The van der Waals surface area contributed by atoms with Gasteiger partial charge in [-0.1, -0.05) is 6.07 Å². The summed E-state index contributed by atoms with van der Waals surface area (Å²) in [5.74, 6) is 0.103. The summed E-state index contributed by atoms with van der Waals surface area (Å²) in [7, 11) is 0. The van der Waals surface area contributed by atoms with Crippen LogP contribution in [0.25, 0.3) is 0 Å². The van der Waals surface area contributed by atoms with E-state index in [0.29, 0.717) is 11.1 Å². The van der Waals surface area contributed by atoms with Gasteiger partial charge >= 0.3 is 0 Å². The molecule has 0 fully saturated rings. The zero-order valence-electron chi connectivity index (χ0n) is 5.99. The van der Waals surface area contributed by atoms with E-state index in [1.807, 2.05) is 0 Å².